The first-order valence-corrected chi connectivity index (χ1v) is 5.48. The molecule has 0 saturated carbocycles. The molecule has 100 valence electrons. The van der Waals surface area contributed by atoms with Gasteiger partial charge in [0.25, 0.3) is 0 Å². The van der Waals surface area contributed by atoms with Gasteiger partial charge in [-0.15, -0.1) is 0 Å². The van der Waals surface area contributed by atoms with Crippen LogP contribution >= 0.6 is 0 Å². The molecule has 0 atom stereocenters. The summed E-state index contributed by atoms with van der Waals surface area (Å²) >= 11 is 0. The normalized spacial score (nSPS) is 11.4. The molecule has 1 aromatic carbocycles. The van der Waals surface area contributed by atoms with Crippen LogP contribution in [-0.4, -0.2) is 12.0 Å². The van der Waals surface area contributed by atoms with Crippen LogP contribution in [0.15, 0.2) is 42.7 Å². The number of nitrogens with zero attached hydrogens (tertiary/aromatic N) is 1. The second kappa shape index (κ2) is 5.30. The van der Waals surface area contributed by atoms with Gasteiger partial charge in [0.1, 0.15) is 12.4 Å². The summed E-state index contributed by atoms with van der Waals surface area (Å²) in [6, 6.07) is 5.94. The molecule has 0 radical (unpaired) electrons. The zero-order valence-electron chi connectivity index (χ0n) is 9.69. The van der Waals surface area contributed by atoms with Gasteiger partial charge in [-0.3, -0.25) is 4.98 Å². The Hall–Kier alpha value is -2.05. The summed E-state index contributed by atoms with van der Waals surface area (Å²) in [6.07, 6.45) is 3.13. The number of benzene rings is 1. The van der Waals surface area contributed by atoms with E-state index in [0.29, 0.717) is 6.07 Å². The molecule has 1 heterocycles. The molecule has 0 saturated heterocycles. The number of hydrogen-bond donors (Lipinski definition) is 0. The number of ether oxygens (including phenoxy) is 1. The third kappa shape index (κ3) is 3.46. The number of pyridine rings is 1. The lowest BCUT2D eigenvalue weighted by Crippen LogP contribution is -2.36. The summed E-state index contributed by atoms with van der Waals surface area (Å²) in [7, 11) is 0. The standard InChI is InChI=1S/C12H9BF4NO/c14-12-7-10(1-2-11(12)13(15,16)17)19-8-9-3-5-18-6-4-9/h1-7H,8H2/q-1. The number of aromatic nitrogens is 1. The number of halogens is 4. The Balaban J connectivity index is 2.09. The largest absolute Gasteiger partial charge is 0.512 e. The van der Waals surface area contributed by atoms with Crippen LogP contribution in [0, 0.1) is 5.82 Å². The molecule has 0 aliphatic carbocycles. The Kier molecular flexibility index (Phi) is 3.73. The maximum atomic E-state index is 13.3. The fourth-order valence-electron chi connectivity index (χ4n) is 1.51. The maximum absolute atomic E-state index is 13.3. The highest BCUT2D eigenvalue weighted by Gasteiger charge is 2.28. The predicted octanol–water partition coefficient (Wildman–Crippen LogP) is 2.85. The van der Waals surface area contributed by atoms with Crippen molar-refractivity contribution in [2.75, 3.05) is 0 Å². The molecule has 19 heavy (non-hydrogen) atoms. The van der Waals surface area contributed by atoms with E-state index in [1.54, 1.807) is 24.5 Å². The van der Waals surface area contributed by atoms with E-state index in [4.69, 9.17) is 4.74 Å². The van der Waals surface area contributed by atoms with Crippen LogP contribution in [0.3, 0.4) is 0 Å². The molecular formula is C12H9BF4NO-. The highest BCUT2D eigenvalue weighted by molar-refractivity contribution is 6.73. The second-order valence-corrected chi connectivity index (χ2v) is 3.90. The summed E-state index contributed by atoms with van der Waals surface area (Å²) in [5.41, 5.74) is -0.448. The molecule has 2 rings (SSSR count). The van der Waals surface area contributed by atoms with Gasteiger partial charge in [-0.05, 0) is 23.8 Å². The van der Waals surface area contributed by atoms with Crippen molar-refractivity contribution >= 4 is 12.4 Å². The van der Waals surface area contributed by atoms with E-state index in [9.17, 15) is 17.3 Å². The van der Waals surface area contributed by atoms with E-state index in [1.165, 1.54) is 0 Å². The molecule has 2 aromatic rings. The van der Waals surface area contributed by atoms with Crippen molar-refractivity contribution in [1.82, 2.24) is 4.98 Å². The molecule has 1 aromatic heterocycles. The summed E-state index contributed by atoms with van der Waals surface area (Å²) in [6.45, 7) is -5.20. The maximum Gasteiger partial charge on any atom is 0.512 e. The minimum absolute atomic E-state index is 0.0538. The van der Waals surface area contributed by atoms with Gasteiger partial charge in [-0.25, -0.2) is 4.39 Å². The molecular weight excluding hydrogens is 261 g/mol. The summed E-state index contributed by atoms with van der Waals surface area (Å²) in [4.78, 5) is 3.81. The van der Waals surface area contributed by atoms with Crippen molar-refractivity contribution in [3.8, 4) is 5.75 Å². The average molecular weight is 270 g/mol. The quantitative estimate of drug-likeness (QED) is 0.629. The van der Waals surface area contributed by atoms with Crippen LogP contribution in [0.25, 0.3) is 0 Å². The molecule has 0 unspecified atom stereocenters. The van der Waals surface area contributed by atoms with Crippen molar-refractivity contribution < 1.29 is 22.1 Å². The Bertz CT molecular complexity index is 559. The lowest BCUT2D eigenvalue weighted by molar-refractivity contribution is 0.304. The molecule has 0 bridgehead atoms. The van der Waals surface area contributed by atoms with Gasteiger partial charge in [0.05, 0.1) is 5.82 Å². The van der Waals surface area contributed by atoms with E-state index >= 15 is 0 Å². The van der Waals surface area contributed by atoms with Crippen LogP contribution in [0.1, 0.15) is 5.56 Å². The number of rotatable bonds is 4. The monoisotopic (exact) mass is 270 g/mol. The van der Waals surface area contributed by atoms with Gasteiger partial charge in [-0.2, -0.15) is 0 Å². The van der Waals surface area contributed by atoms with Crippen molar-refractivity contribution in [2.45, 2.75) is 6.61 Å². The van der Waals surface area contributed by atoms with Crippen molar-refractivity contribution in [3.05, 3.63) is 54.1 Å². The molecule has 2 nitrogen and oxygen atoms in total. The SMILES string of the molecule is Fc1cc(OCc2ccncc2)ccc1[B-](F)(F)F. The smallest absolute Gasteiger partial charge is 0.489 e. The molecule has 0 aliphatic rings. The number of hydrogen-bond acceptors (Lipinski definition) is 2. The van der Waals surface area contributed by atoms with E-state index in [-0.39, 0.29) is 12.4 Å². The average Bonchev–Trinajstić information content (AvgIpc) is 2.36. The van der Waals surface area contributed by atoms with Crippen LogP contribution in [0.2, 0.25) is 0 Å². The third-order valence-electron chi connectivity index (χ3n) is 2.48. The van der Waals surface area contributed by atoms with E-state index < -0.39 is 18.3 Å². The third-order valence-corrected chi connectivity index (χ3v) is 2.48. The fraction of sp³-hybridized carbons (Fsp3) is 0.0833. The fourth-order valence-corrected chi connectivity index (χ4v) is 1.51. The summed E-state index contributed by atoms with van der Waals surface area (Å²) in [5, 5.41) is 0. The van der Waals surface area contributed by atoms with Crippen LogP contribution in [-0.2, 0) is 6.61 Å². The van der Waals surface area contributed by atoms with Crippen LogP contribution in [0.4, 0.5) is 17.3 Å². The highest BCUT2D eigenvalue weighted by atomic mass is 19.4. The predicted molar refractivity (Wildman–Crippen MR) is 63.7 cm³/mol. The summed E-state index contributed by atoms with van der Waals surface area (Å²) in [5.74, 6) is -1.27. The first-order valence-electron chi connectivity index (χ1n) is 5.48. The van der Waals surface area contributed by atoms with Gasteiger partial charge in [0.2, 0.25) is 0 Å². The first kappa shape index (κ1) is 13.4. The second-order valence-electron chi connectivity index (χ2n) is 3.90. The molecule has 0 amide bonds. The minimum atomic E-state index is -5.34. The Labute approximate surface area is 107 Å². The van der Waals surface area contributed by atoms with Gasteiger partial charge in [0.15, 0.2) is 0 Å². The molecule has 0 N–H and O–H groups in total. The molecule has 0 spiro atoms. The van der Waals surface area contributed by atoms with Gasteiger partial charge in [-0.1, -0.05) is 11.5 Å². The lowest BCUT2D eigenvalue weighted by Gasteiger charge is -2.16. The Morgan fingerprint density at radius 3 is 2.32 bits per heavy atom. The molecule has 0 fully saturated rings. The highest BCUT2D eigenvalue weighted by Crippen LogP contribution is 2.17. The topological polar surface area (TPSA) is 22.1 Å². The zero-order chi connectivity index (χ0) is 13.9. The van der Waals surface area contributed by atoms with Crippen LogP contribution < -0.4 is 10.2 Å². The molecule has 0 aliphatic heterocycles. The van der Waals surface area contributed by atoms with Crippen molar-refractivity contribution in [3.63, 3.8) is 0 Å². The van der Waals surface area contributed by atoms with E-state index in [1.807, 2.05) is 0 Å². The lowest BCUT2D eigenvalue weighted by atomic mass is 9.80. The Morgan fingerprint density at radius 1 is 1.05 bits per heavy atom. The zero-order valence-corrected chi connectivity index (χ0v) is 9.69. The molecule has 7 heteroatoms. The minimum Gasteiger partial charge on any atom is -0.489 e. The van der Waals surface area contributed by atoms with Crippen molar-refractivity contribution in [1.29, 1.82) is 0 Å². The van der Waals surface area contributed by atoms with Gasteiger partial charge in [0, 0.05) is 18.5 Å². The van der Waals surface area contributed by atoms with Crippen molar-refractivity contribution in [2.24, 2.45) is 0 Å². The van der Waals surface area contributed by atoms with E-state index in [0.717, 1.165) is 17.7 Å². The Morgan fingerprint density at radius 2 is 1.74 bits per heavy atom. The van der Waals surface area contributed by atoms with E-state index in [2.05, 4.69) is 4.98 Å². The van der Waals surface area contributed by atoms with Gasteiger partial charge < -0.3 is 17.7 Å². The first-order chi connectivity index (χ1) is 8.97. The van der Waals surface area contributed by atoms with Gasteiger partial charge >= 0.3 is 6.98 Å². The summed E-state index contributed by atoms with van der Waals surface area (Å²) < 4.78 is 55.7. The van der Waals surface area contributed by atoms with Crippen LogP contribution in [0.5, 0.6) is 5.75 Å².